The van der Waals surface area contributed by atoms with Gasteiger partial charge in [-0.1, -0.05) is 19.1 Å². The number of benzene rings is 1. The summed E-state index contributed by atoms with van der Waals surface area (Å²) in [6, 6.07) is 8.33. The van der Waals surface area contributed by atoms with E-state index in [4.69, 9.17) is 12.2 Å². The molecule has 0 saturated carbocycles. The van der Waals surface area contributed by atoms with Crippen LogP contribution in [0.1, 0.15) is 26.7 Å². The van der Waals surface area contributed by atoms with Crippen LogP contribution in [0.5, 0.6) is 0 Å². The molecule has 24 heavy (non-hydrogen) atoms. The quantitative estimate of drug-likeness (QED) is 0.736. The standard InChI is InChI=1S/C17H25N3O2S2/c1-3-10-18(14-9-11-24(21,22)12-14)13-20-16-8-6-5-7-15(16)19(4-2)17(20)23/h5-8,14H,3-4,9-13H2,1-2H3. The minimum absolute atomic E-state index is 0.0978. The summed E-state index contributed by atoms with van der Waals surface area (Å²) in [5, 5.41) is 0. The van der Waals surface area contributed by atoms with Crippen LogP contribution in [-0.4, -0.2) is 46.5 Å². The van der Waals surface area contributed by atoms with E-state index in [2.05, 4.69) is 40.0 Å². The lowest BCUT2D eigenvalue weighted by molar-refractivity contribution is 0.166. The van der Waals surface area contributed by atoms with Gasteiger partial charge in [0.1, 0.15) is 0 Å². The molecule has 0 amide bonds. The van der Waals surface area contributed by atoms with Crippen LogP contribution in [-0.2, 0) is 23.1 Å². The zero-order valence-corrected chi connectivity index (χ0v) is 15.9. The predicted octanol–water partition coefficient (Wildman–Crippen LogP) is 3.05. The molecule has 3 rings (SSSR count). The number of sulfone groups is 1. The van der Waals surface area contributed by atoms with Crippen LogP contribution in [0.3, 0.4) is 0 Å². The van der Waals surface area contributed by atoms with Gasteiger partial charge in [0, 0.05) is 12.6 Å². The molecule has 1 aromatic carbocycles. The Morgan fingerprint density at radius 2 is 1.88 bits per heavy atom. The first-order valence-corrected chi connectivity index (χ1v) is 10.8. The second-order valence-corrected chi connectivity index (χ2v) is 9.05. The molecule has 7 heteroatoms. The fraction of sp³-hybridized carbons (Fsp3) is 0.588. The SMILES string of the molecule is CCCN(Cn1c(=S)n(CC)c2ccccc21)C1CCS(=O)(=O)C1. The largest absolute Gasteiger partial charge is 0.317 e. The highest BCUT2D eigenvalue weighted by atomic mass is 32.2. The van der Waals surface area contributed by atoms with Gasteiger partial charge in [-0.2, -0.15) is 0 Å². The van der Waals surface area contributed by atoms with E-state index in [1.54, 1.807) is 0 Å². The molecular weight excluding hydrogens is 342 g/mol. The third-order valence-electron chi connectivity index (χ3n) is 4.80. The molecule has 1 saturated heterocycles. The summed E-state index contributed by atoms with van der Waals surface area (Å²) in [4.78, 5) is 2.28. The molecular formula is C17H25N3O2S2. The Hall–Kier alpha value is -1.18. The highest BCUT2D eigenvalue weighted by Crippen LogP contribution is 2.22. The minimum atomic E-state index is -2.89. The van der Waals surface area contributed by atoms with Crippen molar-refractivity contribution in [2.24, 2.45) is 0 Å². The number of aromatic nitrogens is 2. The van der Waals surface area contributed by atoms with Crippen molar-refractivity contribution < 1.29 is 8.42 Å². The molecule has 1 unspecified atom stereocenters. The van der Waals surface area contributed by atoms with E-state index < -0.39 is 9.84 Å². The lowest BCUT2D eigenvalue weighted by atomic mass is 10.2. The third-order valence-corrected chi connectivity index (χ3v) is 6.99. The summed E-state index contributed by atoms with van der Waals surface area (Å²) in [6.45, 7) is 6.59. The molecule has 1 aromatic heterocycles. The Kier molecular flexibility index (Phi) is 5.13. The van der Waals surface area contributed by atoms with Gasteiger partial charge in [0.2, 0.25) is 0 Å². The Labute approximate surface area is 148 Å². The molecule has 2 heterocycles. The normalized spacial score (nSPS) is 20.2. The van der Waals surface area contributed by atoms with Crippen molar-refractivity contribution >= 4 is 33.1 Å². The average molecular weight is 368 g/mol. The fourth-order valence-corrected chi connectivity index (χ4v) is 5.76. The van der Waals surface area contributed by atoms with E-state index in [-0.39, 0.29) is 11.8 Å². The molecule has 132 valence electrons. The van der Waals surface area contributed by atoms with Gasteiger partial charge < -0.3 is 9.13 Å². The van der Waals surface area contributed by atoms with Crippen molar-refractivity contribution in [3.8, 4) is 0 Å². The molecule has 0 N–H and O–H groups in total. The summed E-state index contributed by atoms with van der Waals surface area (Å²) < 4.78 is 28.8. The summed E-state index contributed by atoms with van der Waals surface area (Å²) >= 11 is 5.70. The van der Waals surface area contributed by atoms with Crippen LogP contribution < -0.4 is 0 Å². The topological polar surface area (TPSA) is 47.2 Å². The van der Waals surface area contributed by atoms with E-state index in [1.165, 1.54) is 0 Å². The molecule has 5 nitrogen and oxygen atoms in total. The van der Waals surface area contributed by atoms with Crippen molar-refractivity contribution in [3.05, 3.63) is 29.0 Å². The van der Waals surface area contributed by atoms with Crippen molar-refractivity contribution in [3.63, 3.8) is 0 Å². The Bertz CT molecular complexity index is 883. The van der Waals surface area contributed by atoms with Gasteiger partial charge >= 0.3 is 0 Å². The number of hydrogen-bond acceptors (Lipinski definition) is 4. The van der Waals surface area contributed by atoms with E-state index in [9.17, 15) is 8.42 Å². The number of fused-ring (bicyclic) bond motifs is 1. The van der Waals surface area contributed by atoms with Gasteiger partial charge in [-0.3, -0.25) is 4.90 Å². The van der Waals surface area contributed by atoms with E-state index in [0.717, 1.165) is 41.7 Å². The van der Waals surface area contributed by atoms with Gasteiger partial charge in [0.15, 0.2) is 14.6 Å². The third kappa shape index (κ3) is 3.30. The van der Waals surface area contributed by atoms with Gasteiger partial charge in [-0.15, -0.1) is 0 Å². The maximum atomic E-state index is 11.9. The number of aryl methyl sites for hydroxylation is 1. The first kappa shape index (κ1) is 17.6. The summed E-state index contributed by atoms with van der Waals surface area (Å²) in [6.07, 6.45) is 1.72. The van der Waals surface area contributed by atoms with Crippen molar-refractivity contribution in [1.29, 1.82) is 0 Å². The van der Waals surface area contributed by atoms with Crippen LogP contribution >= 0.6 is 12.2 Å². The lowest BCUT2D eigenvalue weighted by Gasteiger charge is -2.28. The molecule has 1 atom stereocenters. The van der Waals surface area contributed by atoms with Crippen LogP contribution in [0, 0.1) is 4.77 Å². The number of rotatable bonds is 6. The Morgan fingerprint density at radius 1 is 1.21 bits per heavy atom. The zero-order chi connectivity index (χ0) is 17.3. The summed E-state index contributed by atoms with van der Waals surface area (Å²) in [5.74, 6) is 0.576. The van der Waals surface area contributed by atoms with Crippen molar-refractivity contribution in [2.45, 2.75) is 45.9 Å². The Balaban J connectivity index is 1.97. The lowest BCUT2D eigenvalue weighted by Crippen LogP contribution is -2.38. The maximum Gasteiger partial charge on any atom is 0.181 e. The van der Waals surface area contributed by atoms with Crippen LogP contribution in [0.2, 0.25) is 0 Å². The molecule has 0 radical (unpaired) electrons. The zero-order valence-electron chi connectivity index (χ0n) is 14.3. The number of imidazole rings is 1. The molecule has 2 aromatic rings. The highest BCUT2D eigenvalue weighted by molar-refractivity contribution is 7.91. The van der Waals surface area contributed by atoms with Crippen molar-refractivity contribution in [2.75, 3.05) is 18.1 Å². The number of hydrogen-bond donors (Lipinski definition) is 0. The molecule has 0 bridgehead atoms. The van der Waals surface area contributed by atoms with Crippen LogP contribution in [0.15, 0.2) is 24.3 Å². The summed E-state index contributed by atoms with van der Waals surface area (Å²) in [7, 11) is -2.89. The first-order chi connectivity index (χ1) is 11.5. The maximum absolute atomic E-state index is 11.9. The second-order valence-electron chi connectivity index (χ2n) is 6.45. The molecule has 1 aliphatic heterocycles. The number of nitrogens with zero attached hydrogens (tertiary/aromatic N) is 3. The average Bonchev–Trinajstić information content (AvgIpc) is 3.04. The van der Waals surface area contributed by atoms with Gasteiger partial charge in [0.25, 0.3) is 0 Å². The Morgan fingerprint density at radius 3 is 2.42 bits per heavy atom. The number of para-hydroxylation sites is 2. The van der Waals surface area contributed by atoms with Crippen LogP contribution in [0.4, 0.5) is 0 Å². The summed E-state index contributed by atoms with van der Waals surface area (Å²) in [5.41, 5.74) is 2.26. The van der Waals surface area contributed by atoms with Gasteiger partial charge in [-0.05, 0) is 50.7 Å². The van der Waals surface area contributed by atoms with Gasteiger partial charge in [-0.25, -0.2) is 8.42 Å². The molecule has 0 spiro atoms. The first-order valence-electron chi connectivity index (χ1n) is 8.59. The van der Waals surface area contributed by atoms with E-state index in [0.29, 0.717) is 12.4 Å². The molecule has 0 aliphatic carbocycles. The van der Waals surface area contributed by atoms with Crippen LogP contribution in [0.25, 0.3) is 11.0 Å². The van der Waals surface area contributed by atoms with E-state index in [1.807, 2.05) is 12.1 Å². The van der Waals surface area contributed by atoms with Crippen molar-refractivity contribution in [1.82, 2.24) is 14.0 Å². The fourth-order valence-electron chi connectivity index (χ4n) is 3.62. The highest BCUT2D eigenvalue weighted by Gasteiger charge is 2.32. The molecule has 1 fully saturated rings. The predicted molar refractivity (Wildman–Crippen MR) is 100 cm³/mol. The minimum Gasteiger partial charge on any atom is -0.317 e. The van der Waals surface area contributed by atoms with Gasteiger partial charge in [0.05, 0.1) is 29.2 Å². The second kappa shape index (κ2) is 6.98. The smallest absolute Gasteiger partial charge is 0.181 e. The molecule has 1 aliphatic rings. The monoisotopic (exact) mass is 367 g/mol. The van der Waals surface area contributed by atoms with E-state index >= 15 is 0 Å².